The van der Waals surface area contributed by atoms with Crippen LogP contribution in [0.15, 0.2) is 30.3 Å². The molecule has 2 amide bonds. The van der Waals surface area contributed by atoms with Gasteiger partial charge in [0.25, 0.3) is 0 Å². The molecule has 0 aliphatic rings. The smallest absolute Gasteiger partial charge is 0.322 e. The van der Waals surface area contributed by atoms with Crippen molar-refractivity contribution in [3.8, 4) is 0 Å². The number of carbonyl (C=O) groups is 5. The minimum absolute atomic E-state index is 0.00473. The molecule has 0 radical (unpaired) electrons. The maximum atomic E-state index is 11.9. The van der Waals surface area contributed by atoms with Crippen molar-refractivity contribution in [1.29, 1.82) is 0 Å². The average Bonchev–Trinajstić information content (AvgIpc) is 2.86. The number of rotatable bonds is 18. The van der Waals surface area contributed by atoms with E-state index in [2.05, 4.69) is 40.8 Å². The fourth-order valence-corrected chi connectivity index (χ4v) is 3.15. The van der Waals surface area contributed by atoms with E-state index < -0.39 is 48.4 Å². The average molecular weight is 543 g/mol. The molecule has 0 unspecified atom stereocenters. The van der Waals surface area contributed by atoms with Gasteiger partial charge in [0.1, 0.15) is 25.2 Å². The van der Waals surface area contributed by atoms with Gasteiger partial charge in [0.2, 0.25) is 11.8 Å². The lowest BCUT2D eigenvalue weighted by atomic mass is 10.1. The molecule has 0 saturated carbocycles. The summed E-state index contributed by atoms with van der Waals surface area (Å²) in [6.45, 7) is 2.06. The molecule has 12 nitrogen and oxygen atoms in total. The van der Waals surface area contributed by atoms with E-state index in [0.717, 1.165) is 31.4 Å². The molecule has 2 atom stereocenters. The molecule has 13 heteroatoms. The molecular weight excluding hydrogens is 504 g/mol. The number of unbranched alkanes of at least 4 members (excludes halogenated alkanes) is 3. The molecule has 0 saturated heterocycles. The Bertz CT molecular complexity index is 841. The maximum absolute atomic E-state index is 11.9. The van der Waals surface area contributed by atoms with Crippen LogP contribution < -0.4 is 21.3 Å². The minimum atomic E-state index is -1.20. The van der Waals surface area contributed by atoms with Gasteiger partial charge in [0.15, 0.2) is 0 Å². The second-order valence-electron chi connectivity index (χ2n) is 7.97. The van der Waals surface area contributed by atoms with Crippen molar-refractivity contribution in [3.05, 3.63) is 30.3 Å². The Hall–Kier alpha value is -3.32. The van der Waals surface area contributed by atoms with Crippen molar-refractivity contribution in [2.45, 2.75) is 57.5 Å². The monoisotopic (exact) mass is 542 g/mol. The number of nitrogens with one attached hydrogen (secondary N) is 4. The fraction of sp³-hybridized carbons (Fsp3) is 0.542. The molecule has 0 aliphatic heterocycles. The molecule has 0 aliphatic carbocycles. The van der Waals surface area contributed by atoms with Crippen LogP contribution in [-0.4, -0.2) is 82.5 Å². The number of aliphatic carboxylic acids is 3. The highest BCUT2D eigenvalue weighted by molar-refractivity contribution is 7.80. The first-order valence-electron chi connectivity index (χ1n) is 12.0. The molecule has 0 aromatic heterocycles. The first-order valence-corrected chi connectivity index (χ1v) is 12.6. The predicted molar refractivity (Wildman–Crippen MR) is 142 cm³/mol. The van der Waals surface area contributed by atoms with Gasteiger partial charge in [-0.15, -0.1) is 0 Å². The van der Waals surface area contributed by atoms with E-state index in [4.69, 9.17) is 10.2 Å². The zero-order valence-corrected chi connectivity index (χ0v) is 21.8. The largest absolute Gasteiger partial charge is 0.480 e. The van der Waals surface area contributed by atoms with Crippen LogP contribution in [0.2, 0.25) is 0 Å². The summed E-state index contributed by atoms with van der Waals surface area (Å²) in [6.07, 6.45) is 4.09. The molecule has 0 bridgehead atoms. The van der Waals surface area contributed by atoms with Crippen LogP contribution in [0.25, 0.3) is 0 Å². The molecule has 0 heterocycles. The number of carbonyl (C=O) groups excluding carboxylic acids is 2. The number of hydrogen-bond acceptors (Lipinski definition) is 8. The second-order valence-corrected chi connectivity index (χ2v) is 8.34. The quantitative estimate of drug-likeness (QED) is 0.0986. The van der Waals surface area contributed by atoms with E-state index in [1.807, 2.05) is 30.3 Å². The SMILES string of the molecule is CCCCCCN[C@@H](CCC(=O)N[C@@H](CS)C(=O)NCC(=O)O)C(=O)O.O=C(O)CNc1ccccc1. The van der Waals surface area contributed by atoms with Gasteiger partial charge in [0.05, 0.1) is 0 Å². The summed E-state index contributed by atoms with van der Waals surface area (Å²) < 4.78 is 0. The Morgan fingerprint density at radius 3 is 2.08 bits per heavy atom. The Morgan fingerprint density at radius 2 is 1.54 bits per heavy atom. The third kappa shape index (κ3) is 18.6. The zero-order chi connectivity index (χ0) is 28.1. The topological polar surface area (TPSA) is 194 Å². The Morgan fingerprint density at radius 1 is 0.892 bits per heavy atom. The van der Waals surface area contributed by atoms with Crippen LogP contribution in [0.4, 0.5) is 5.69 Å². The van der Waals surface area contributed by atoms with E-state index in [1.54, 1.807) is 0 Å². The molecule has 1 aromatic rings. The van der Waals surface area contributed by atoms with Crippen molar-refractivity contribution in [2.24, 2.45) is 0 Å². The van der Waals surface area contributed by atoms with Crippen molar-refractivity contribution < 1.29 is 39.3 Å². The van der Waals surface area contributed by atoms with Crippen LogP contribution >= 0.6 is 12.6 Å². The molecule has 208 valence electrons. The summed E-state index contributed by atoms with van der Waals surface area (Å²) in [4.78, 5) is 55.5. The van der Waals surface area contributed by atoms with Gasteiger partial charge < -0.3 is 36.6 Å². The lowest BCUT2D eigenvalue weighted by molar-refractivity contribution is -0.140. The summed E-state index contributed by atoms with van der Waals surface area (Å²) in [5.74, 6) is -4.23. The highest BCUT2D eigenvalue weighted by atomic mass is 32.1. The second kappa shape index (κ2) is 20.8. The van der Waals surface area contributed by atoms with Crippen LogP contribution in [0.3, 0.4) is 0 Å². The summed E-state index contributed by atoms with van der Waals surface area (Å²) in [7, 11) is 0. The third-order valence-electron chi connectivity index (χ3n) is 4.84. The summed E-state index contributed by atoms with van der Waals surface area (Å²) in [5, 5.41) is 36.3. The standard InChI is InChI=1S/C16H29N3O6S.C8H9NO2/c1-2-3-4-5-8-17-11(16(24)25)6-7-13(20)19-12(10-26)15(23)18-9-14(21)22;10-8(11)6-9-7-4-2-1-3-5-7/h11-12,17,26H,2-10H2,1H3,(H,18,23)(H,19,20)(H,21,22)(H,24,25);1-5,9H,6H2,(H,10,11)/t11-,12-;/m0./s1. The van der Waals surface area contributed by atoms with Gasteiger partial charge >= 0.3 is 17.9 Å². The number of carboxylic acids is 3. The molecule has 1 aromatic carbocycles. The Balaban J connectivity index is 0.000000970. The van der Waals surface area contributed by atoms with Crippen LogP contribution in [0, 0.1) is 0 Å². The number of benzene rings is 1. The lowest BCUT2D eigenvalue weighted by Gasteiger charge is -2.17. The van der Waals surface area contributed by atoms with Crippen molar-refractivity contribution >= 4 is 48.0 Å². The fourth-order valence-electron chi connectivity index (χ4n) is 2.90. The number of thiol groups is 1. The van der Waals surface area contributed by atoms with Gasteiger partial charge in [-0.05, 0) is 31.5 Å². The minimum Gasteiger partial charge on any atom is -0.480 e. The van der Waals surface area contributed by atoms with E-state index in [9.17, 15) is 29.1 Å². The van der Waals surface area contributed by atoms with Gasteiger partial charge in [0, 0.05) is 17.9 Å². The number of amides is 2. The molecule has 1 rings (SSSR count). The van der Waals surface area contributed by atoms with E-state index in [-0.39, 0.29) is 25.1 Å². The van der Waals surface area contributed by atoms with Gasteiger partial charge in [-0.1, -0.05) is 44.4 Å². The van der Waals surface area contributed by atoms with E-state index >= 15 is 0 Å². The molecule has 0 spiro atoms. The van der Waals surface area contributed by atoms with Crippen LogP contribution in [-0.2, 0) is 24.0 Å². The van der Waals surface area contributed by atoms with E-state index in [1.165, 1.54) is 0 Å². The third-order valence-corrected chi connectivity index (χ3v) is 5.21. The predicted octanol–water partition coefficient (Wildman–Crippen LogP) is 1.19. The number of anilines is 1. The highest BCUT2D eigenvalue weighted by Gasteiger charge is 2.22. The van der Waals surface area contributed by atoms with Gasteiger partial charge in [-0.2, -0.15) is 12.6 Å². The normalized spacial score (nSPS) is 11.7. The Kier molecular flexibility index (Phi) is 19.0. The van der Waals surface area contributed by atoms with Crippen LogP contribution in [0.5, 0.6) is 0 Å². The first-order chi connectivity index (χ1) is 17.6. The number of hydrogen-bond donors (Lipinski definition) is 8. The summed E-state index contributed by atoms with van der Waals surface area (Å²) >= 11 is 3.96. The number of carboxylic acid groups (broad SMARTS) is 3. The van der Waals surface area contributed by atoms with Crippen molar-refractivity contribution in [3.63, 3.8) is 0 Å². The summed E-state index contributed by atoms with van der Waals surface area (Å²) in [5.41, 5.74) is 0.829. The van der Waals surface area contributed by atoms with Gasteiger partial charge in [-0.25, -0.2) is 0 Å². The lowest BCUT2D eigenvalue weighted by Crippen LogP contribution is -2.49. The highest BCUT2D eigenvalue weighted by Crippen LogP contribution is 2.04. The molecule has 7 N–H and O–H groups in total. The molecule has 0 fully saturated rings. The zero-order valence-electron chi connectivity index (χ0n) is 20.9. The Labute approximate surface area is 222 Å². The number of para-hydroxylation sites is 1. The summed E-state index contributed by atoms with van der Waals surface area (Å²) in [6, 6.07) is 7.42. The van der Waals surface area contributed by atoms with Crippen molar-refractivity contribution in [1.82, 2.24) is 16.0 Å². The molecule has 37 heavy (non-hydrogen) atoms. The van der Waals surface area contributed by atoms with Crippen LogP contribution in [0.1, 0.15) is 45.4 Å². The molecular formula is C24H38N4O8S. The van der Waals surface area contributed by atoms with Crippen molar-refractivity contribution in [2.75, 3.05) is 30.7 Å². The van der Waals surface area contributed by atoms with Gasteiger partial charge in [-0.3, -0.25) is 24.0 Å². The van der Waals surface area contributed by atoms with E-state index in [0.29, 0.717) is 6.54 Å². The maximum Gasteiger partial charge on any atom is 0.322 e. The first kappa shape index (κ1) is 33.7.